The molecule has 1 unspecified atom stereocenters. The Morgan fingerprint density at radius 2 is 2.16 bits per heavy atom. The minimum Gasteiger partial charge on any atom is -0.478 e. The number of benzene rings is 1. The molecule has 0 saturated carbocycles. The number of para-hydroxylation sites is 1. The van der Waals surface area contributed by atoms with Crippen LogP contribution in [0.5, 0.6) is 0 Å². The maximum Gasteiger partial charge on any atom is 0.337 e. The van der Waals surface area contributed by atoms with Crippen LogP contribution in [0.2, 0.25) is 0 Å². The van der Waals surface area contributed by atoms with E-state index in [-0.39, 0.29) is 21.5 Å². The first-order valence-electron chi connectivity index (χ1n) is 5.33. The van der Waals surface area contributed by atoms with Crippen LogP contribution in [-0.2, 0) is 5.12 Å². The number of aromatic carboxylic acids is 1. The van der Waals surface area contributed by atoms with Gasteiger partial charge in [0.05, 0.1) is 11.1 Å². The zero-order valence-corrected chi connectivity index (χ0v) is 10.4. The van der Waals surface area contributed by atoms with Crippen molar-refractivity contribution >= 4 is 28.6 Å². The number of carboxylic acids is 1. The second-order valence-electron chi connectivity index (χ2n) is 4.26. The molecular weight excluding hydrogens is 276 g/mol. The molecule has 1 aliphatic heterocycles. The third-order valence-corrected chi connectivity index (χ3v) is 4.12. The van der Waals surface area contributed by atoms with Gasteiger partial charge in [-0.05, 0) is 30.8 Å². The molecule has 0 aliphatic carbocycles. The summed E-state index contributed by atoms with van der Waals surface area (Å²) in [5, 5.41) is 6.85. The first-order chi connectivity index (χ1) is 8.84. The molecule has 4 nitrogen and oxygen atoms in total. The average Bonchev–Trinajstić information content (AvgIpc) is 2.33. The molecule has 0 amide bonds. The molecular formula is C12H7F2NO3S. The Balaban J connectivity index is 2.59. The lowest BCUT2D eigenvalue weighted by atomic mass is 10.1. The predicted molar refractivity (Wildman–Crippen MR) is 65.7 cm³/mol. The van der Waals surface area contributed by atoms with Crippen molar-refractivity contribution in [2.24, 2.45) is 0 Å². The Kier molecular flexibility index (Phi) is 2.28. The van der Waals surface area contributed by atoms with Crippen LogP contribution < -0.4 is 5.43 Å². The van der Waals surface area contributed by atoms with Gasteiger partial charge >= 0.3 is 5.97 Å². The molecule has 0 radical (unpaired) electrons. The molecule has 7 heteroatoms. The van der Waals surface area contributed by atoms with Crippen LogP contribution in [0.15, 0.2) is 28.0 Å². The van der Waals surface area contributed by atoms with Crippen LogP contribution in [0.1, 0.15) is 17.3 Å². The van der Waals surface area contributed by atoms with Crippen LogP contribution >= 0.6 is 11.8 Å². The SMILES string of the molecule is CC1(F)Sc2c(F)c(=O)c3cccc(C(=O)O)c3n21. The Morgan fingerprint density at radius 3 is 2.74 bits per heavy atom. The monoisotopic (exact) mass is 283 g/mol. The van der Waals surface area contributed by atoms with E-state index in [0.717, 1.165) is 4.57 Å². The van der Waals surface area contributed by atoms with Crippen molar-refractivity contribution in [1.29, 1.82) is 0 Å². The molecule has 2 aromatic rings. The van der Waals surface area contributed by atoms with Crippen molar-refractivity contribution in [2.75, 3.05) is 0 Å². The van der Waals surface area contributed by atoms with Gasteiger partial charge in [-0.15, -0.1) is 0 Å². The summed E-state index contributed by atoms with van der Waals surface area (Å²) in [6.45, 7) is 1.19. The molecule has 0 bridgehead atoms. The van der Waals surface area contributed by atoms with Gasteiger partial charge in [0.2, 0.25) is 16.4 Å². The van der Waals surface area contributed by atoms with E-state index in [1.807, 2.05) is 0 Å². The minimum atomic E-state index is -1.96. The van der Waals surface area contributed by atoms with Gasteiger partial charge in [0.15, 0.2) is 0 Å². The molecule has 1 atom stereocenters. The summed E-state index contributed by atoms with van der Waals surface area (Å²) in [6, 6.07) is 3.88. The third-order valence-electron chi connectivity index (χ3n) is 3.01. The summed E-state index contributed by atoms with van der Waals surface area (Å²) in [5.41, 5.74) is -1.22. The summed E-state index contributed by atoms with van der Waals surface area (Å²) >= 11 is 0.561. The summed E-state index contributed by atoms with van der Waals surface area (Å²) in [4.78, 5) is 23.0. The van der Waals surface area contributed by atoms with E-state index in [4.69, 9.17) is 5.11 Å². The molecule has 2 heterocycles. The lowest BCUT2D eigenvalue weighted by Gasteiger charge is -2.37. The van der Waals surface area contributed by atoms with Gasteiger partial charge in [0, 0.05) is 5.39 Å². The van der Waals surface area contributed by atoms with Gasteiger partial charge in [0.25, 0.3) is 0 Å². The van der Waals surface area contributed by atoms with Crippen molar-refractivity contribution in [3.63, 3.8) is 0 Å². The minimum absolute atomic E-state index is 0.0832. The number of halogens is 2. The van der Waals surface area contributed by atoms with E-state index in [1.54, 1.807) is 0 Å². The third kappa shape index (κ3) is 1.45. The topological polar surface area (TPSA) is 59.3 Å². The fraction of sp³-hybridized carbons (Fsp3) is 0.167. The van der Waals surface area contributed by atoms with E-state index < -0.39 is 22.3 Å². The van der Waals surface area contributed by atoms with Crippen molar-refractivity contribution in [1.82, 2.24) is 4.57 Å². The maximum absolute atomic E-state index is 14.1. The van der Waals surface area contributed by atoms with Gasteiger partial charge in [-0.1, -0.05) is 6.07 Å². The largest absolute Gasteiger partial charge is 0.478 e. The van der Waals surface area contributed by atoms with Gasteiger partial charge in [-0.3, -0.25) is 9.36 Å². The Bertz CT molecular complexity index is 798. The number of nitrogens with zero attached hydrogens (tertiary/aromatic N) is 1. The van der Waals surface area contributed by atoms with Crippen molar-refractivity contribution in [3.05, 3.63) is 39.8 Å². The lowest BCUT2D eigenvalue weighted by molar-refractivity contribution is 0.0697. The number of carboxylic acid groups (broad SMARTS) is 1. The number of pyridine rings is 1. The zero-order valence-electron chi connectivity index (χ0n) is 9.61. The normalized spacial score (nSPS) is 21.0. The highest BCUT2D eigenvalue weighted by Crippen LogP contribution is 2.51. The van der Waals surface area contributed by atoms with Gasteiger partial charge in [-0.2, -0.15) is 4.39 Å². The molecule has 19 heavy (non-hydrogen) atoms. The number of alkyl halides is 1. The van der Waals surface area contributed by atoms with E-state index >= 15 is 0 Å². The Labute approximate surface area is 109 Å². The zero-order chi connectivity index (χ0) is 13.9. The lowest BCUT2D eigenvalue weighted by Crippen LogP contribution is -2.36. The number of hydrogen-bond acceptors (Lipinski definition) is 3. The molecule has 3 rings (SSSR count). The standard InChI is InChI=1S/C12H7F2NO3S/c1-12(14)15-8-5(3-2-4-6(8)11(17)18)9(16)7(13)10(15)19-12/h2-4H,1H3,(H,17,18). The smallest absolute Gasteiger partial charge is 0.337 e. The van der Waals surface area contributed by atoms with Crippen LogP contribution in [0.25, 0.3) is 10.9 Å². The van der Waals surface area contributed by atoms with Crippen molar-refractivity contribution in [2.45, 2.75) is 17.1 Å². The number of fused-ring (bicyclic) bond motifs is 3. The number of hydrogen-bond donors (Lipinski definition) is 1. The second kappa shape index (κ2) is 3.57. The molecule has 0 fully saturated rings. The first kappa shape index (κ1) is 12.2. The number of carbonyl (C=O) groups is 1. The fourth-order valence-corrected chi connectivity index (χ4v) is 3.24. The van der Waals surface area contributed by atoms with Crippen LogP contribution in [0.4, 0.5) is 8.78 Å². The van der Waals surface area contributed by atoms with E-state index in [1.165, 1.54) is 25.1 Å². The quantitative estimate of drug-likeness (QED) is 0.873. The van der Waals surface area contributed by atoms with Crippen LogP contribution in [0.3, 0.4) is 0 Å². The Morgan fingerprint density at radius 1 is 1.47 bits per heavy atom. The summed E-state index contributed by atoms with van der Waals surface area (Å²) in [6.07, 6.45) is 0. The molecule has 1 aromatic carbocycles. The molecule has 1 aromatic heterocycles. The van der Waals surface area contributed by atoms with E-state index in [0.29, 0.717) is 11.8 Å². The summed E-state index contributed by atoms with van der Waals surface area (Å²) in [7, 11) is 0. The van der Waals surface area contributed by atoms with Crippen LogP contribution in [-0.4, -0.2) is 15.6 Å². The van der Waals surface area contributed by atoms with Gasteiger partial charge < -0.3 is 5.11 Å². The highest BCUT2D eigenvalue weighted by atomic mass is 32.2. The number of aromatic nitrogens is 1. The highest BCUT2D eigenvalue weighted by Gasteiger charge is 2.44. The molecule has 98 valence electrons. The first-order valence-corrected chi connectivity index (χ1v) is 6.15. The summed E-state index contributed by atoms with van der Waals surface area (Å²) < 4.78 is 28.9. The number of thioether (sulfide) groups is 1. The fourth-order valence-electron chi connectivity index (χ4n) is 2.21. The van der Waals surface area contributed by atoms with Crippen molar-refractivity contribution in [3.8, 4) is 0 Å². The Hall–Kier alpha value is -1.89. The molecule has 0 saturated heterocycles. The van der Waals surface area contributed by atoms with Gasteiger partial charge in [-0.25, -0.2) is 9.18 Å². The van der Waals surface area contributed by atoms with Crippen LogP contribution in [0, 0.1) is 5.82 Å². The van der Waals surface area contributed by atoms with E-state index in [2.05, 4.69) is 0 Å². The van der Waals surface area contributed by atoms with Crippen molar-refractivity contribution < 1.29 is 18.7 Å². The van der Waals surface area contributed by atoms with E-state index in [9.17, 15) is 18.4 Å². The maximum atomic E-state index is 14.1. The molecule has 0 spiro atoms. The number of rotatable bonds is 1. The predicted octanol–water partition coefficient (Wildman–Crippen LogP) is 2.54. The molecule has 1 N–H and O–H groups in total. The average molecular weight is 283 g/mol. The second-order valence-corrected chi connectivity index (χ2v) is 5.60. The highest BCUT2D eigenvalue weighted by molar-refractivity contribution is 8.00. The summed E-state index contributed by atoms with van der Waals surface area (Å²) in [5.74, 6) is -2.34. The van der Waals surface area contributed by atoms with Gasteiger partial charge in [0.1, 0.15) is 5.03 Å². The molecule has 1 aliphatic rings.